The van der Waals surface area contributed by atoms with E-state index >= 15 is 0 Å². The Morgan fingerprint density at radius 3 is 3.16 bits per heavy atom. The van der Waals surface area contributed by atoms with Gasteiger partial charge in [-0.05, 0) is 25.1 Å². The Morgan fingerprint density at radius 2 is 2.26 bits per heavy atom. The van der Waals surface area contributed by atoms with Crippen LogP contribution in [0.15, 0.2) is 30.6 Å². The summed E-state index contributed by atoms with van der Waals surface area (Å²) in [6.45, 7) is 1.78. The van der Waals surface area contributed by atoms with E-state index in [9.17, 15) is 0 Å². The van der Waals surface area contributed by atoms with Gasteiger partial charge in [-0.15, -0.1) is 0 Å². The van der Waals surface area contributed by atoms with Crippen molar-refractivity contribution in [2.24, 2.45) is 0 Å². The van der Waals surface area contributed by atoms with Crippen molar-refractivity contribution >= 4 is 11.5 Å². The number of anilines is 2. The molecule has 0 saturated heterocycles. The molecule has 3 rings (SSSR count). The van der Waals surface area contributed by atoms with Gasteiger partial charge in [0.2, 0.25) is 0 Å². The molecule has 0 amide bonds. The lowest BCUT2D eigenvalue weighted by Crippen LogP contribution is -2.25. The molecule has 5 heteroatoms. The first-order valence-electron chi connectivity index (χ1n) is 6.31. The van der Waals surface area contributed by atoms with E-state index in [-0.39, 0.29) is 0 Å². The van der Waals surface area contributed by atoms with Crippen LogP contribution < -0.4 is 15.4 Å². The van der Waals surface area contributed by atoms with Gasteiger partial charge in [0.05, 0.1) is 12.8 Å². The van der Waals surface area contributed by atoms with Crippen molar-refractivity contribution in [3.05, 3.63) is 41.9 Å². The van der Waals surface area contributed by atoms with E-state index in [1.54, 1.807) is 13.4 Å². The molecule has 0 aliphatic carbocycles. The lowest BCUT2D eigenvalue weighted by Gasteiger charge is -2.19. The van der Waals surface area contributed by atoms with Crippen LogP contribution in [0.3, 0.4) is 0 Å². The molecule has 2 heterocycles. The molecule has 1 aromatic heterocycles. The number of nitrogens with one attached hydrogen (secondary N) is 2. The minimum Gasteiger partial charge on any atom is -0.497 e. The first-order chi connectivity index (χ1) is 9.36. The average molecular weight is 256 g/mol. The van der Waals surface area contributed by atoms with Crippen LogP contribution in [-0.4, -0.2) is 23.6 Å². The summed E-state index contributed by atoms with van der Waals surface area (Å²) in [7, 11) is 1.66. The zero-order valence-corrected chi connectivity index (χ0v) is 10.8. The van der Waals surface area contributed by atoms with E-state index in [0.29, 0.717) is 0 Å². The van der Waals surface area contributed by atoms with Gasteiger partial charge in [0.15, 0.2) is 0 Å². The highest BCUT2D eigenvalue weighted by atomic mass is 16.5. The standard InChI is InChI=1S/C14H16N4O/c1-19-11-4-2-3-10(7-11)18-14-12-5-6-15-8-13(12)16-9-17-14/h2-4,7,9,15H,5-6,8H2,1H3,(H,16,17,18). The Hall–Kier alpha value is -2.14. The molecule has 0 saturated carbocycles. The third kappa shape index (κ3) is 2.51. The van der Waals surface area contributed by atoms with Crippen molar-refractivity contribution in [3.63, 3.8) is 0 Å². The second-order valence-corrected chi connectivity index (χ2v) is 4.43. The van der Waals surface area contributed by atoms with Crippen molar-refractivity contribution in [1.82, 2.24) is 15.3 Å². The summed E-state index contributed by atoms with van der Waals surface area (Å²) >= 11 is 0. The Labute approximate surface area is 112 Å². The zero-order valence-electron chi connectivity index (χ0n) is 10.8. The maximum absolute atomic E-state index is 5.22. The van der Waals surface area contributed by atoms with E-state index < -0.39 is 0 Å². The number of hydrogen-bond donors (Lipinski definition) is 2. The maximum atomic E-state index is 5.22. The average Bonchev–Trinajstić information content (AvgIpc) is 2.48. The fourth-order valence-electron chi connectivity index (χ4n) is 2.23. The van der Waals surface area contributed by atoms with Crippen LogP contribution in [0.25, 0.3) is 0 Å². The molecule has 0 spiro atoms. The van der Waals surface area contributed by atoms with Crippen LogP contribution in [0, 0.1) is 0 Å². The predicted molar refractivity (Wildman–Crippen MR) is 73.7 cm³/mol. The molecule has 1 aliphatic rings. The minimum absolute atomic E-state index is 0.810. The molecule has 0 unspecified atom stereocenters. The maximum Gasteiger partial charge on any atom is 0.137 e. The van der Waals surface area contributed by atoms with Crippen molar-refractivity contribution in [1.29, 1.82) is 0 Å². The first kappa shape index (κ1) is 11.9. The third-order valence-electron chi connectivity index (χ3n) is 3.21. The summed E-state index contributed by atoms with van der Waals surface area (Å²) in [5.74, 6) is 1.72. The molecule has 98 valence electrons. The monoisotopic (exact) mass is 256 g/mol. The van der Waals surface area contributed by atoms with Crippen LogP contribution in [-0.2, 0) is 13.0 Å². The van der Waals surface area contributed by atoms with Gasteiger partial charge in [-0.25, -0.2) is 9.97 Å². The summed E-state index contributed by atoms with van der Waals surface area (Å²) in [4.78, 5) is 8.67. The molecule has 0 radical (unpaired) electrons. The quantitative estimate of drug-likeness (QED) is 0.878. The van der Waals surface area contributed by atoms with Crippen LogP contribution in [0.4, 0.5) is 11.5 Å². The van der Waals surface area contributed by atoms with E-state index in [1.807, 2.05) is 24.3 Å². The van der Waals surface area contributed by atoms with E-state index in [4.69, 9.17) is 4.74 Å². The molecule has 5 nitrogen and oxygen atoms in total. The molecule has 2 aromatic rings. The number of hydrogen-bond acceptors (Lipinski definition) is 5. The Kier molecular flexibility index (Phi) is 3.29. The molecule has 19 heavy (non-hydrogen) atoms. The number of rotatable bonds is 3. The second-order valence-electron chi connectivity index (χ2n) is 4.43. The molecule has 0 atom stereocenters. The lowest BCUT2D eigenvalue weighted by molar-refractivity contribution is 0.415. The fourth-order valence-corrected chi connectivity index (χ4v) is 2.23. The smallest absolute Gasteiger partial charge is 0.137 e. The van der Waals surface area contributed by atoms with Crippen molar-refractivity contribution < 1.29 is 4.74 Å². The zero-order chi connectivity index (χ0) is 13.1. The van der Waals surface area contributed by atoms with Crippen LogP contribution in [0.2, 0.25) is 0 Å². The van der Waals surface area contributed by atoms with Gasteiger partial charge >= 0.3 is 0 Å². The highest BCUT2D eigenvalue weighted by Gasteiger charge is 2.15. The Balaban J connectivity index is 1.90. The molecular weight excluding hydrogens is 240 g/mol. The SMILES string of the molecule is COc1cccc(Nc2ncnc3c2CCNC3)c1. The highest BCUT2D eigenvalue weighted by Crippen LogP contribution is 2.24. The summed E-state index contributed by atoms with van der Waals surface area (Å²) in [6.07, 6.45) is 2.55. The number of ether oxygens (including phenoxy) is 1. The normalized spacial score (nSPS) is 13.7. The van der Waals surface area contributed by atoms with Crippen LogP contribution in [0.1, 0.15) is 11.3 Å². The van der Waals surface area contributed by atoms with Crippen molar-refractivity contribution in [2.45, 2.75) is 13.0 Å². The summed E-state index contributed by atoms with van der Waals surface area (Å²) in [6, 6.07) is 7.83. The van der Waals surface area contributed by atoms with Gasteiger partial charge in [-0.3, -0.25) is 0 Å². The number of benzene rings is 1. The van der Waals surface area contributed by atoms with Gasteiger partial charge < -0.3 is 15.4 Å². The fraction of sp³-hybridized carbons (Fsp3) is 0.286. The third-order valence-corrected chi connectivity index (χ3v) is 3.21. The van der Waals surface area contributed by atoms with Gasteiger partial charge in [-0.2, -0.15) is 0 Å². The minimum atomic E-state index is 0.810. The van der Waals surface area contributed by atoms with Gasteiger partial charge in [0.25, 0.3) is 0 Å². The van der Waals surface area contributed by atoms with E-state index in [0.717, 1.165) is 42.5 Å². The number of aromatic nitrogens is 2. The molecule has 2 N–H and O–H groups in total. The molecular formula is C14H16N4O. The number of methoxy groups -OCH3 is 1. The number of fused-ring (bicyclic) bond motifs is 1. The largest absolute Gasteiger partial charge is 0.497 e. The molecule has 1 aliphatic heterocycles. The molecule has 0 bridgehead atoms. The summed E-state index contributed by atoms with van der Waals surface area (Å²) < 4.78 is 5.22. The van der Waals surface area contributed by atoms with Gasteiger partial charge in [0.1, 0.15) is 17.9 Å². The van der Waals surface area contributed by atoms with E-state index in [2.05, 4.69) is 20.6 Å². The van der Waals surface area contributed by atoms with Crippen LogP contribution in [0.5, 0.6) is 5.75 Å². The lowest BCUT2D eigenvalue weighted by atomic mass is 10.1. The van der Waals surface area contributed by atoms with Crippen molar-refractivity contribution in [3.8, 4) is 5.75 Å². The van der Waals surface area contributed by atoms with Gasteiger partial charge in [0, 0.05) is 23.9 Å². The summed E-state index contributed by atoms with van der Waals surface area (Å²) in [5, 5.41) is 6.66. The number of nitrogens with zero attached hydrogens (tertiary/aromatic N) is 2. The Bertz CT molecular complexity index is 585. The highest BCUT2D eigenvalue weighted by molar-refractivity contribution is 5.61. The second kappa shape index (κ2) is 5.24. The van der Waals surface area contributed by atoms with Crippen molar-refractivity contribution in [2.75, 3.05) is 19.0 Å². The van der Waals surface area contributed by atoms with Crippen LogP contribution >= 0.6 is 0 Å². The first-order valence-corrected chi connectivity index (χ1v) is 6.31. The molecule has 0 fully saturated rings. The van der Waals surface area contributed by atoms with Gasteiger partial charge in [-0.1, -0.05) is 6.07 Å². The topological polar surface area (TPSA) is 59.1 Å². The molecule has 1 aromatic carbocycles. The van der Waals surface area contributed by atoms with E-state index in [1.165, 1.54) is 5.56 Å². The predicted octanol–water partition coefficient (Wildman–Crippen LogP) is 1.87. The summed E-state index contributed by atoms with van der Waals surface area (Å²) in [5.41, 5.74) is 3.24. The Morgan fingerprint density at radius 1 is 1.32 bits per heavy atom.